The van der Waals surface area contributed by atoms with Crippen LogP contribution in [0.15, 0.2) is 0 Å². The van der Waals surface area contributed by atoms with E-state index in [4.69, 9.17) is 5.11 Å². The molecule has 0 bridgehead atoms. The molecular formula is C9H17F3O. The standard InChI is InChI=1S/C9H17F3O/c1-3-7(4-2)5-8(13)6-9(10,11)12/h7-8,13H,3-6H2,1-2H3. The molecule has 0 saturated carbocycles. The maximum Gasteiger partial charge on any atom is 0.391 e. The molecule has 0 spiro atoms. The summed E-state index contributed by atoms with van der Waals surface area (Å²) in [5.74, 6) is 0.206. The highest BCUT2D eigenvalue weighted by atomic mass is 19.4. The van der Waals surface area contributed by atoms with Gasteiger partial charge in [0.2, 0.25) is 0 Å². The summed E-state index contributed by atoms with van der Waals surface area (Å²) in [5, 5.41) is 9.10. The van der Waals surface area contributed by atoms with Gasteiger partial charge in [-0.15, -0.1) is 0 Å². The zero-order valence-corrected chi connectivity index (χ0v) is 8.06. The molecule has 0 radical (unpaired) electrons. The molecule has 0 amide bonds. The number of hydrogen-bond acceptors (Lipinski definition) is 1. The van der Waals surface area contributed by atoms with Gasteiger partial charge in [-0.3, -0.25) is 0 Å². The highest BCUT2D eigenvalue weighted by Crippen LogP contribution is 2.25. The van der Waals surface area contributed by atoms with Crippen LogP contribution in [-0.2, 0) is 0 Å². The third-order valence-electron chi connectivity index (χ3n) is 2.23. The minimum absolute atomic E-state index is 0.206. The second-order valence-electron chi connectivity index (χ2n) is 3.39. The number of alkyl halides is 3. The summed E-state index contributed by atoms with van der Waals surface area (Å²) in [7, 11) is 0. The Morgan fingerprint density at radius 3 is 1.92 bits per heavy atom. The van der Waals surface area contributed by atoms with Crippen molar-refractivity contribution in [2.24, 2.45) is 5.92 Å². The van der Waals surface area contributed by atoms with E-state index in [0.29, 0.717) is 0 Å². The van der Waals surface area contributed by atoms with Crippen molar-refractivity contribution in [3.8, 4) is 0 Å². The molecule has 0 heterocycles. The molecule has 1 unspecified atom stereocenters. The van der Waals surface area contributed by atoms with E-state index in [-0.39, 0.29) is 12.3 Å². The zero-order valence-electron chi connectivity index (χ0n) is 8.06. The van der Waals surface area contributed by atoms with Crippen LogP contribution in [0.2, 0.25) is 0 Å². The topological polar surface area (TPSA) is 20.2 Å². The predicted octanol–water partition coefficient (Wildman–Crippen LogP) is 3.13. The molecule has 0 saturated heterocycles. The van der Waals surface area contributed by atoms with Crippen LogP contribution in [0.3, 0.4) is 0 Å². The van der Waals surface area contributed by atoms with Gasteiger partial charge in [0.25, 0.3) is 0 Å². The molecule has 13 heavy (non-hydrogen) atoms. The first-order valence-corrected chi connectivity index (χ1v) is 4.63. The van der Waals surface area contributed by atoms with Gasteiger partial charge >= 0.3 is 6.18 Å². The smallest absolute Gasteiger partial charge is 0.391 e. The van der Waals surface area contributed by atoms with Gasteiger partial charge in [0.1, 0.15) is 0 Å². The lowest BCUT2D eigenvalue weighted by molar-refractivity contribution is -0.155. The number of rotatable bonds is 5. The maximum absolute atomic E-state index is 11.8. The Hall–Kier alpha value is -0.250. The molecule has 1 nitrogen and oxygen atoms in total. The number of hydrogen-bond donors (Lipinski definition) is 1. The monoisotopic (exact) mass is 198 g/mol. The van der Waals surface area contributed by atoms with Crippen LogP contribution < -0.4 is 0 Å². The van der Waals surface area contributed by atoms with Crippen molar-refractivity contribution < 1.29 is 18.3 Å². The summed E-state index contributed by atoms with van der Waals surface area (Å²) in [6.07, 6.45) is -4.65. The summed E-state index contributed by atoms with van der Waals surface area (Å²) in [6.45, 7) is 3.85. The average molecular weight is 198 g/mol. The third-order valence-corrected chi connectivity index (χ3v) is 2.23. The molecule has 0 aliphatic rings. The second kappa shape index (κ2) is 5.47. The first kappa shape index (κ1) is 12.8. The van der Waals surface area contributed by atoms with Gasteiger partial charge in [-0.25, -0.2) is 0 Å². The zero-order chi connectivity index (χ0) is 10.5. The fraction of sp³-hybridized carbons (Fsp3) is 1.00. The maximum atomic E-state index is 11.8. The van der Waals surface area contributed by atoms with Crippen molar-refractivity contribution in [1.29, 1.82) is 0 Å². The summed E-state index contributed by atoms with van der Waals surface area (Å²) < 4.78 is 35.4. The van der Waals surface area contributed by atoms with Crippen LogP contribution in [0.4, 0.5) is 13.2 Å². The van der Waals surface area contributed by atoms with E-state index in [1.54, 1.807) is 0 Å². The molecule has 1 N–H and O–H groups in total. The van der Waals surface area contributed by atoms with Crippen LogP contribution in [0.1, 0.15) is 39.5 Å². The largest absolute Gasteiger partial charge is 0.393 e. The van der Waals surface area contributed by atoms with Crippen molar-refractivity contribution in [2.75, 3.05) is 0 Å². The first-order chi connectivity index (χ1) is 5.89. The minimum atomic E-state index is -4.24. The van der Waals surface area contributed by atoms with Crippen molar-refractivity contribution in [3.05, 3.63) is 0 Å². The highest BCUT2D eigenvalue weighted by Gasteiger charge is 2.31. The Balaban J connectivity index is 3.79. The van der Waals surface area contributed by atoms with Gasteiger partial charge in [0.05, 0.1) is 12.5 Å². The second-order valence-corrected chi connectivity index (χ2v) is 3.39. The van der Waals surface area contributed by atoms with Gasteiger partial charge in [-0.1, -0.05) is 26.7 Å². The van der Waals surface area contributed by atoms with Crippen LogP contribution >= 0.6 is 0 Å². The molecule has 0 aromatic heterocycles. The molecule has 0 aromatic carbocycles. The Labute approximate surface area is 76.9 Å². The summed E-state index contributed by atoms with van der Waals surface area (Å²) >= 11 is 0. The predicted molar refractivity (Wildman–Crippen MR) is 45.4 cm³/mol. The highest BCUT2D eigenvalue weighted by molar-refractivity contribution is 4.66. The Morgan fingerprint density at radius 2 is 1.62 bits per heavy atom. The van der Waals surface area contributed by atoms with Gasteiger partial charge in [-0.2, -0.15) is 13.2 Å². The molecule has 4 heteroatoms. The molecule has 0 aliphatic carbocycles. The summed E-state index contributed by atoms with van der Waals surface area (Å²) in [4.78, 5) is 0. The third kappa shape index (κ3) is 6.87. The first-order valence-electron chi connectivity index (χ1n) is 4.63. The Morgan fingerprint density at radius 1 is 1.15 bits per heavy atom. The lowest BCUT2D eigenvalue weighted by Crippen LogP contribution is -2.21. The molecule has 1 atom stereocenters. The summed E-state index contributed by atoms with van der Waals surface area (Å²) in [5.41, 5.74) is 0. The van der Waals surface area contributed by atoms with Gasteiger partial charge < -0.3 is 5.11 Å². The fourth-order valence-corrected chi connectivity index (χ4v) is 1.36. The van der Waals surface area contributed by atoms with Crippen LogP contribution in [0.25, 0.3) is 0 Å². The molecule has 0 aliphatic heterocycles. The minimum Gasteiger partial charge on any atom is -0.393 e. The van der Waals surface area contributed by atoms with E-state index in [0.717, 1.165) is 12.8 Å². The molecular weight excluding hydrogens is 181 g/mol. The number of aliphatic hydroxyl groups excluding tert-OH is 1. The van der Waals surface area contributed by atoms with E-state index < -0.39 is 18.7 Å². The molecule has 0 fully saturated rings. The number of aliphatic hydroxyl groups is 1. The molecule has 0 rings (SSSR count). The van der Waals surface area contributed by atoms with Crippen LogP contribution in [0, 0.1) is 5.92 Å². The van der Waals surface area contributed by atoms with Crippen LogP contribution in [0.5, 0.6) is 0 Å². The quantitative estimate of drug-likeness (QED) is 0.719. The Bertz CT molecular complexity index is 129. The molecule has 0 aromatic rings. The van der Waals surface area contributed by atoms with Crippen molar-refractivity contribution in [2.45, 2.75) is 51.8 Å². The normalized spacial score (nSPS) is 15.0. The van der Waals surface area contributed by atoms with E-state index >= 15 is 0 Å². The van der Waals surface area contributed by atoms with E-state index in [9.17, 15) is 13.2 Å². The van der Waals surface area contributed by atoms with Crippen molar-refractivity contribution in [3.63, 3.8) is 0 Å². The fourth-order valence-electron chi connectivity index (χ4n) is 1.36. The lowest BCUT2D eigenvalue weighted by Gasteiger charge is -2.18. The van der Waals surface area contributed by atoms with E-state index in [1.165, 1.54) is 0 Å². The Kier molecular flexibility index (Phi) is 5.37. The van der Waals surface area contributed by atoms with Crippen molar-refractivity contribution in [1.82, 2.24) is 0 Å². The average Bonchev–Trinajstić information content (AvgIpc) is 1.96. The number of halogens is 3. The van der Waals surface area contributed by atoms with Crippen LogP contribution in [-0.4, -0.2) is 17.4 Å². The van der Waals surface area contributed by atoms with Gasteiger partial charge in [-0.05, 0) is 12.3 Å². The lowest BCUT2D eigenvalue weighted by atomic mass is 9.95. The van der Waals surface area contributed by atoms with E-state index in [1.807, 2.05) is 13.8 Å². The SMILES string of the molecule is CCC(CC)CC(O)CC(F)(F)F. The van der Waals surface area contributed by atoms with Gasteiger partial charge in [0.15, 0.2) is 0 Å². The summed E-state index contributed by atoms with van der Waals surface area (Å²) in [6, 6.07) is 0. The van der Waals surface area contributed by atoms with Gasteiger partial charge in [0, 0.05) is 0 Å². The van der Waals surface area contributed by atoms with E-state index in [2.05, 4.69) is 0 Å². The van der Waals surface area contributed by atoms with Crippen molar-refractivity contribution >= 4 is 0 Å². The molecule has 80 valence electrons.